The molecule has 2 aromatic rings. The number of nitrogens with zero attached hydrogens (tertiary/aromatic N) is 1. The van der Waals surface area contributed by atoms with E-state index in [9.17, 15) is 9.90 Å². The smallest absolute Gasteiger partial charge is 0.258 e. The van der Waals surface area contributed by atoms with Crippen LogP contribution < -0.4 is 10.9 Å². The van der Waals surface area contributed by atoms with Gasteiger partial charge in [0.1, 0.15) is 5.82 Å². The number of hydrogen-bond acceptors (Lipinski definition) is 4. The Labute approximate surface area is 128 Å². The lowest BCUT2D eigenvalue weighted by molar-refractivity contribution is 0.0496. The number of fused-ring (bicyclic) bond motifs is 1. The SMILES string of the molecule is CCCC(C)(O)CNCc1nc2cc(Cl)ccc2c(=O)[nH]1. The molecule has 114 valence electrons. The summed E-state index contributed by atoms with van der Waals surface area (Å²) in [7, 11) is 0. The molecule has 0 aliphatic carbocycles. The van der Waals surface area contributed by atoms with Crippen molar-refractivity contribution in [1.29, 1.82) is 0 Å². The van der Waals surface area contributed by atoms with Crippen LogP contribution in [0.15, 0.2) is 23.0 Å². The lowest BCUT2D eigenvalue weighted by atomic mass is 10.0. The van der Waals surface area contributed by atoms with Crippen LogP contribution in [0.3, 0.4) is 0 Å². The average Bonchev–Trinajstić information content (AvgIpc) is 2.37. The normalized spacial score (nSPS) is 14.3. The van der Waals surface area contributed by atoms with Crippen LogP contribution in [0.2, 0.25) is 5.02 Å². The van der Waals surface area contributed by atoms with E-state index in [0.29, 0.717) is 34.8 Å². The molecule has 1 atom stereocenters. The zero-order chi connectivity index (χ0) is 15.5. The van der Waals surface area contributed by atoms with Crippen LogP contribution in [0.1, 0.15) is 32.5 Å². The summed E-state index contributed by atoms with van der Waals surface area (Å²) < 4.78 is 0. The molecule has 0 aliphatic heterocycles. The van der Waals surface area contributed by atoms with Crippen LogP contribution in [-0.2, 0) is 6.54 Å². The topological polar surface area (TPSA) is 78.0 Å². The average molecular weight is 310 g/mol. The summed E-state index contributed by atoms with van der Waals surface area (Å²) in [4.78, 5) is 19.1. The van der Waals surface area contributed by atoms with Crippen LogP contribution in [0.5, 0.6) is 0 Å². The number of aromatic nitrogens is 2. The molecule has 0 saturated carbocycles. The largest absolute Gasteiger partial charge is 0.389 e. The van der Waals surface area contributed by atoms with Crippen LogP contribution in [-0.4, -0.2) is 27.2 Å². The van der Waals surface area contributed by atoms with Crippen LogP contribution in [0.25, 0.3) is 10.9 Å². The molecule has 0 spiro atoms. The summed E-state index contributed by atoms with van der Waals surface area (Å²) in [5, 5.41) is 14.3. The Morgan fingerprint density at radius 1 is 1.48 bits per heavy atom. The minimum atomic E-state index is -0.755. The Balaban J connectivity index is 2.11. The monoisotopic (exact) mass is 309 g/mol. The van der Waals surface area contributed by atoms with E-state index < -0.39 is 5.60 Å². The fraction of sp³-hybridized carbons (Fsp3) is 0.467. The van der Waals surface area contributed by atoms with Gasteiger partial charge in [-0.3, -0.25) is 4.79 Å². The maximum absolute atomic E-state index is 12.0. The first kappa shape index (κ1) is 15.9. The predicted molar refractivity (Wildman–Crippen MR) is 84.6 cm³/mol. The summed E-state index contributed by atoms with van der Waals surface area (Å²) in [6, 6.07) is 5.00. The Morgan fingerprint density at radius 2 is 2.24 bits per heavy atom. The van der Waals surface area contributed by atoms with E-state index >= 15 is 0 Å². The highest BCUT2D eigenvalue weighted by Crippen LogP contribution is 2.14. The van der Waals surface area contributed by atoms with Crippen LogP contribution >= 0.6 is 11.6 Å². The van der Waals surface area contributed by atoms with Gasteiger partial charge in [0.2, 0.25) is 0 Å². The lowest BCUT2D eigenvalue weighted by Gasteiger charge is -2.22. The molecular weight excluding hydrogens is 290 g/mol. The van der Waals surface area contributed by atoms with E-state index in [0.717, 1.165) is 12.8 Å². The Hall–Kier alpha value is -1.43. The van der Waals surface area contributed by atoms with E-state index in [1.54, 1.807) is 25.1 Å². The van der Waals surface area contributed by atoms with Crippen molar-refractivity contribution in [3.8, 4) is 0 Å². The molecule has 0 radical (unpaired) electrons. The Bertz CT molecular complexity index is 682. The molecule has 0 fully saturated rings. The van der Waals surface area contributed by atoms with Crippen molar-refractivity contribution in [2.75, 3.05) is 6.54 Å². The van der Waals surface area contributed by atoms with Gasteiger partial charge in [-0.15, -0.1) is 0 Å². The molecule has 21 heavy (non-hydrogen) atoms. The van der Waals surface area contributed by atoms with Crippen molar-refractivity contribution < 1.29 is 5.11 Å². The third kappa shape index (κ3) is 4.27. The van der Waals surface area contributed by atoms with Gasteiger partial charge in [-0.05, 0) is 31.5 Å². The number of benzene rings is 1. The second-order valence-corrected chi connectivity index (χ2v) is 5.96. The third-order valence-corrected chi connectivity index (χ3v) is 3.54. The van der Waals surface area contributed by atoms with E-state index in [1.165, 1.54) is 0 Å². The highest BCUT2D eigenvalue weighted by molar-refractivity contribution is 6.31. The fourth-order valence-corrected chi connectivity index (χ4v) is 2.49. The number of nitrogens with one attached hydrogen (secondary N) is 2. The summed E-state index contributed by atoms with van der Waals surface area (Å²) in [6.45, 7) is 4.65. The minimum absolute atomic E-state index is 0.186. The van der Waals surface area contributed by atoms with Gasteiger partial charge in [0.25, 0.3) is 5.56 Å². The van der Waals surface area contributed by atoms with Gasteiger partial charge >= 0.3 is 0 Å². The number of aliphatic hydroxyl groups is 1. The third-order valence-electron chi connectivity index (χ3n) is 3.30. The van der Waals surface area contributed by atoms with Gasteiger partial charge in [-0.25, -0.2) is 4.98 Å². The van der Waals surface area contributed by atoms with Crippen molar-refractivity contribution in [2.45, 2.75) is 38.8 Å². The molecular formula is C15H20ClN3O2. The highest BCUT2D eigenvalue weighted by atomic mass is 35.5. The van der Waals surface area contributed by atoms with Gasteiger partial charge in [0.15, 0.2) is 0 Å². The zero-order valence-corrected chi connectivity index (χ0v) is 13.0. The number of hydrogen-bond donors (Lipinski definition) is 3. The number of halogens is 1. The standard InChI is InChI=1S/C15H20ClN3O2/c1-3-6-15(2,21)9-17-8-13-18-12-7-10(16)4-5-11(12)14(20)19-13/h4-5,7,17,21H,3,6,8-9H2,1-2H3,(H,18,19,20). The van der Waals surface area contributed by atoms with E-state index in [-0.39, 0.29) is 5.56 Å². The molecule has 1 heterocycles. The molecule has 0 amide bonds. The van der Waals surface area contributed by atoms with E-state index in [1.807, 2.05) is 6.92 Å². The minimum Gasteiger partial charge on any atom is -0.389 e. The van der Waals surface area contributed by atoms with Crippen molar-refractivity contribution in [3.05, 3.63) is 39.4 Å². The van der Waals surface area contributed by atoms with Gasteiger partial charge in [0.05, 0.1) is 23.0 Å². The lowest BCUT2D eigenvalue weighted by Crippen LogP contribution is -2.37. The fourth-order valence-electron chi connectivity index (χ4n) is 2.32. The molecule has 2 rings (SSSR count). The van der Waals surface area contributed by atoms with Crippen LogP contribution in [0.4, 0.5) is 0 Å². The number of rotatable bonds is 6. The van der Waals surface area contributed by atoms with E-state index in [4.69, 9.17) is 11.6 Å². The molecule has 0 aliphatic rings. The summed E-state index contributed by atoms with van der Waals surface area (Å²) in [5.41, 5.74) is -0.369. The van der Waals surface area contributed by atoms with Gasteiger partial charge in [-0.1, -0.05) is 24.9 Å². The summed E-state index contributed by atoms with van der Waals surface area (Å²) in [5.74, 6) is 0.530. The first-order chi connectivity index (χ1) is 9.91. The van der Waals surface area contributed by atoms with Gasteiger partial charge in [0, 0.05) is 11.6 Å². The zero-order valence-electron chi connectivity index (χ0n) is 12.2. The number of aromatic amines is 1. The van der Waals surface area contributed by atoms with Crippen molar-refractivity contribution >= 4 is 22.5 Å². The quantitative estimate of drug-likeness (QED) is 0.764. The molecule has 0 bridgehead atoms. The van der Waals surface area contributed by atoms with Crippen molar-refractivity contribution in [3.63, 3.8) is 0 Å². The second kappa shape index (κ2) is 6.56. The number of H-pyrrole nitrogens is 1. The molecule has 6 heteroatoms. The van der Waals surface area contributed by atoms with Crippen molar-refractivity contribution in [1.82, 2.24) is 15.3 Å². The molecule has 3 N–H and O–H groups in total. The second-order valence-electron chi connectivity index (χ2n) is 5.52. The summed E-state index contributed by atoms with van der Waals surface area (Å²) >= 11 is 5.92. The van der Waals surface area contributed by atoms with Gasteiger partial charge in [-0.2, -0.15) is 0 Å². The Morgan fingerprint density at radius 3 is 2.95 bits per heavy atom. The van der Waals surface area contributed by atoms with Crippen LogP contribution in [0, 0.1) is 0 Å². The first-order valence-corrected chi connectivity index (χ1v) is 7.40. The van der Waals surface area contributed by atoms with E-state index in [2.05, 4.69) is 15.3 Å². The maximum Gasteiger partial charge on any atom is 0.258 e. The molecule has 1 unspecified atom stereocenters. The highest BCUT2D eigenvalue weighted by Gasteiger charge is 2.18. The molecule has 1 aromatic carbocycles. The molecule has 0 saturated heterocycles. The first-order valence-electron chi connectivity index (χ1n) is 7.03. The summed E-state index contributed by atoms with van der Waals surface area (Å²) in [6.07, 6.45) is 1.63. The van der Waals surface area contributed by atoms with Crippen molar-refractivity contribution in [2.24, 2.45) is 0 Å². The Kier molecular flexibility index (Phi) is 4.98. The van der Waals surface area contributed by atoms with Gasteiger partial charge < -0.3 is 15.4 Å². The maximum atomic E-state index is 12.0. The predicted octanol–water partition coefficient (Wildman–Crippen LogP) is 2.22. The molecule has 5 nitrogen and oxygen atoms in total. The molecule has 1 aromatic heterocycles.